The predicted octanol–water partition coefficient (Wildman–Crippen LogP) is 9.30. The Morgan fingerprint density at radius 3 is 1.36 bits per heavy atom. The first-order valence-electron chi connectivity index (χ1n) is 12.4. The van der Waals surface area contributed by atoms with Crippen LogP contribution in [0.3, 0.4) is 0 Å². The number of phosphoric ester groups is 1. The second-order valence-electron chi connectivity index (χ2n) is 9.26. The fraction of sp³-hybridized carbons (Fsp3) is 0.200. The Morgan fingerprint density at radius 2 is 0.897 bits per heavy atom. The van der Waals surface area contributed by atoms with E-state index >= 15 is 0 Å². The summed E-state index contributed by atoms with van der Waals surface area (Å²) in [5.41, 5.74) is 4.80. The minimum absolute atomic E-state index is 0.142. The van der Waals surface area contributed by atoms with Gasteiger partial charge in [-0.05, 0) is 87.1 Å². The molecule has 1 atom stereocenters. The molecule has 0 aliphatic rings. The van der Waals surface area contributed by atoms with Crippen molar-refractivity contribution in [2.24, 2.45) is 0 Å². The highest BCUT2D eigenvalue weighted by molar-refractivity contribution is 7.49. The lowest BCUT2D eigenvalue weighted by atomic mass is 10.1. The molecule has 0 amide bonds. The molecule has 0 saturated heterocycles. The second kappa shape index (κ2) is 11.9. The monoisotopic (exact) mass is 565 g/mol. The van der Waals surface area contributed by atoms with Gasteiger partial charge >= 0.3 is 16.1 Å². The molecule has 9 heteroatoms. The van der Waals surface area contributed by atoms with E-state index in [1.165, 1.54) is 6.07 Å². The van der Waals surface area contributed by atoms with Gasteiger partial charge < -0.3 is 13.6 Å². The predicted molar refractivity (Wildman–Crippen MR) is 153 cm³/mol. The summed E-state index contributed by atoms with van der Waals surface area (Å²) in [6.45, 7) is 11.1. The smallest absolute Gasteiger partial charge is 0.386 e. The zero-order valence-electron chi connectivity index (χ0n) is 22.8. The number of rotatable bonds is 10. The van der Waals surface area contributed by atoms with Gasteiger partial charge in [-0.3, -0.25) is 0 Å². The van der Waals surface area contributed by atoms with Crippen LogP contribution in [-0.2, 0) is 9.13 Å². The highest BCUT2D eigenvalue weighted by atomic mass is 31.2. The first-order chi connectivity index (χ1) is 18.5. The van der Waals surface area contributed by atoms with Crippen LogP contribution in [0.15, 0.2) is 78.9 Å². The third-order valence-corrected chi connectivity index (χ3v) is 7.94. The number of hydrogen-bond acceptors (Lipinski definition) is 7. The molecule has 39 heavy (non-hydrogen) atoms. The minimum atomic E-state index is -4.27. The van der Waals surface area contributed by atoms with Gasteiger partial charge in [-0.25, -0.2) is 9.05 Å². The fourth-order valence-electron chi connectivity index (χ4n) is 4.01. The van der Waals surface area contributed by atoms with Crippen LogP contribution < -0.4 is 22.6 Å². The molecule has 0 spiro atoms. The molecular formula is C30H31O7P2+. The van der Waals surface area contributed by atoms with Gasteiger partial charge in [0.1, 0.15) is 17.2 Å². The van der Waals surface area contributed by atoms with Gasteiger partial charge in [0, 0.05) is 10.6 Å². The molecule has 1 unspecified atom stereocenters. The van der Waals surface area contributed by atoms with Gasteiger partial charge in [-0.1, -0.05) is 60.7 Å². The Morgan fingerprint density at radius 1 is 0.513 bits per heavy atom. The van der Waals surface area contributed by atoms with Crippen LogP contribution in [0.4, 0.5) is 0 Å². The number of para-hydroxylation sites is 3. The van der Waals surface area contributed by atoms with E-state index in [4.69, 9.17) is 22.6 Å². The zero-order chi connectivity index (χ0) is 28.2. The van der Waals surface area contributed by atoms with Crippen LogP contribution in [0, 0.1) is 41.5 Å². The number of hydrogen-bond donors (Lipinski definition) is 0. The lowest BCUT2D eigenvalue weighted by molar-refractivity contribution is 0.295. The van der Waals surface area contributed by atoms with Crippen molar-refractivity contribution >= 4 is 16.1 Å². The van der Waals surface area contributed by atoms with E-state index < -0.39 is 16.1 Å². The van der Waals surface area contributed by atoms with Crippen LogP contribution in [0.5, 0.6) is 28.7 Å². The summed E-state index contributed by atoms with van der Waals surface area (Å²) in [7, 11) is -6.82. The van der Waals surface area contributed by atoms with Gasteiger partial charge in [0.15, 0.2) is 11.5 Å². The fourth-order valence-corrected chi connectivity index (χ4v) is 6.27. The van der Waals surface area contributed by atoms with E-state index in [-0.39, 0.29) is 11.5 Å². The molecule has 4 aromatic carbocycles. The van der Waals surface area contributed by atoms with Crippen molar-refractivity contribution in [3.63, 3.8) is 0 Å². The molecule has 4 rings (SSSR count). The maximum absolute atomic E-state index is 14.2. The quantitative estimate of drug-likeness (QED) is 0.177. The SMILES string of the molecule is Cc1cccc(C)c1O[P+](=O)Oc1cccc(OP(=O)(Oc2c(C)cccc2C)Oc2c(C)cccc2C)c1. The first kappa shape index (κ1) is 28.2. The van der Waals surface area contributed by atoms with Crippen molar-refractivity contribution in [2.75, 3.05) is 0 Å². The van der Waals surface area contributed by atoms with Gasteiger partial charge in [-0.2, -0.15) is 4.57 Å². The number of aryl methyl sites for hydroxylation is 6. The van der Waals surface area contributed by atoms with E-state index in [0.717, 1.165) is 33.4 Å². The van der Waals surface area contributed by atoms with Gasteiger partial charge in [-0.15, -0.1) is 0 Å². The van der Waals surface area contributed by atoms with E-state index in [1.54, 1.807) is 18.2 Å². The molecule has 0 bridgehead atoms. The average Bonchev–Trinajstić information content (AvgIpc) is 2.87. The second-order valence-corrected chi connectivity index (χ2v) is 11.5. The Balaban J connectivity index is 1.61. The Bertz CT molecular complexity index is 1450. The summed E-state index contributed by atoms with van der Waals surface area (Å²) < 4.78 is 55.9. The summed E-state index contributed by atoms with van der Waals surface area (Å²) >= 11 is 0. The molecular weight excluding hydrogens is 534 g/mol. The van der Waals surface area contributed by atoms with Crippen molar-refractivity contribution in [1.82, 2.24) is 0 Å². The molecule has 0 aliphatic heterocycles. The van der Waals surface area contributed by atoms with Crippen molar-refractivity contribution < 1.29 is 31.7 Å². The molecule has 4 aromatic rings. The lowest BCUT2D eigenvalue weighted by Gasteiger charge is -2.23. The Hall–Kier alpha value is -3.79. The van der Waals surface area contributed by atoms with Crippen molar-refractivity contribution in [3.8, 4) is 28.7 Å². The molecule has 202 valence electrons. The summed E-state index contributed by atoms with van der Waals surface area (Å²) in [5, 5.41) is 0. The Kier molecular flexibility index (Phi) is 8.64. The van der Waals surface area contributed by atoms with Crippen LogP contribution in [0.25, 0.3) is 0 Å². The molecule has 7 nitrogen and oxygen atoms in total. The lowest BCUT2D eigenvalue weighted by Crippen LogP contribution is -2.10. The molecule has 0 radical (unpaired) electrons. The van der Waals surface area contributed by atoms with E-state index in [0.29, 0.717) is 17.2 Å². The molecule has 0 saturated carbocycles. The number of benzene rings is 4. The van der Waals surface area contributed by atoms with Crippen LogP contribution >= 0.6 is 16.1 Å². The summed E-state index contributed by atoms with van der Waals surface area (Å²) in [4.78, 5) is 0. The molecule has 0 N–H and O–H groups in total. The van der Waals surface area contributed by atoms with Gasteiger partial charge in [0.2, 0.25) is 0 Å². The molecule has 0 heterocycles. The summed E-state index contributed by atoms with van der Waals surface area (Å²) in [6.07, 6.45) is 0. The largest absolute Gasteiger partial charge is 0.805 e. The third kappa shape index (κ3) is 7.00. The third-order valence-electron chi connectivity index (χ3n) is 6.00. The van der Waals surface area contributed by atoms with Crippen LogP contribution in [0.1, 0.15) is 33.4 Å². The highest BCUT2D eigenvalue weighted by Crippen LogP contribution is 2.52. The normalized spacial score (nSPS) is 11.5. The van der Waals surface area contributed by atoms with Crippen LogP contribution in [-0.4, -0.2) is 0 Å². The van der Waals surface area contributed by atoms with Gasteiger partial charge in [0.05, 0.1) is 0 Å². The highest BCUT2D eigenvalue weighted by Gasteiger charge is 2.36. The van der Waals surface area contributed by atoms with Crippen LogP contribution in [0.2, 0.25) is 0 Å². The topological polar surface area (TPSA) is 80.3 Å². The molecule has 0 fully saturated rings. The van der Waals surface area contributed by atoms with Gasteiger partial charge in [0.25, 0.3) is 0 Å². The maximum Gasteiger partial charge on any atom is 0.805 e. The molecule has 0 aromatic heterocycles. The van der Waals surface area contributed by atoms with E-state index in [2.05, 4.69) is 0 Å². The van der Waals surface area contributed by atoms with E-state index in [9.17, 15) is 9.13 Å². The van der Waals surface area contributed by atoms with Crippen molar-refractivity contribution in [1.29, 1.82) is 0 Å². The summed E-state index contributed by atoms with van der Waals surface area (Å²) in [6, 6.07) is 23.1. The average molecular weight is 566 g/mol. The Labute approximate surface area is 230 Å². The first-order valence-corrected chi connectivity index (χ1v) is 14.9. The molecule has 0 aliphatic carbocycles. The minimum Gasteiger partial charge on any atom is -0.386 e. The van der Waals surface area contributed by atoms with Crippen molar-refractivity contribution in [3.05, 3.63) is 112 Å². The maximum atomic E-state index is 14.2. The van der Waals surface area contributed by atoms with E-state index in [1.807, 2.05) is 96.1 Å². The zero-order valence-corrected chi connectivity index (χ0v) is 24.5. The standard InChI is InChI=1S/C30H31O7P2/c1-20-11-7-12-21(2)28(20)34-38(31)33-26-17-10-18-27(19-26)35-39(32,36-29-22(3)13-8-14-23(29)4)37-30-24(5)15-9-16-25(30)6/h7-19H,1-6H3/q+1. The number of phosphoric acid groups is 1. The van der Waals surface area contributed by atoms with Crippen molar-refractivity contribution in [2.45, 2.75) is 41.5 Å². The summed E-state index contributed by atoms with van der Waals surface area (Å²) in [5.74, 6) is 1.66.